The predicted octanol–water partition coefficient (Wildman–Crippen LogP) is 5.48. The van der Waals surface area contributed by atoms with Crippen LogP contribution in [0.4, 0.5) is 0 Å². The van der Waals surface area contributed by atoms with E-state index in [1.165, 1.54) is 0 Å². The molecule has 3 aromatic carbocycles. The maximum atomic E-state index is 14.0. The molecule has 0 unspecified atom stereocenters. The highest BCUT2D eigenvalue weighted by molar-refractivity contribution is 6.06. The molecule has 198 valence electrons. The highest BCUT2D eigenvalue weighted by Gasteiger charge is 2.21. The molecule has 0 aliphatic rings. The minimum Gasteiger partial charge on any atom is -0.497 e. The number of hydrogen-bond donors (Lipinski definition) is 0. The number of hydrogen-bond acceptors (Lipinski definition) is 6. The largest absolute Gasteiger partial charge is 0.497 e. The quantitative estimate of drug-likeness (QED) is 0.254. The fourth-order valence-electron chi connectivity index (χ4n) is 5.44. The van der Waals surface area contributed by atoms with Crippen molar-refractivity contribution in [2.75, 3.05) is 28.4 Å². The molecule has 38 heavy (non-hydrogen) atoms. The zero-order valence-corrected chi connectivity index (χ0v) is 22.6. The van der Waals surface area contributed by atoms with E-state index in [9.17, 15) is 9.59 Å². The molecule has 5 rings (SSSR count). The van der Waals surface area contributed by atoms with Gasteiger partial charge in [-0.2, -0.15) is 0 Å². The topological polar surface area (TPSA) is 80.9 Å². The molecule has 0 bridgehead atoms. The Bertz CT molecular complexity index is 1700. The Kier molecular flexibility index (Phi) is 6.65. The van der Waals surface area contributed by atoms with Gasteiger partial charge in [0.15, 0.2) is 0 Å². The van der Waals surface area contributed by atoms with Gasteiger partial charge in [-0.25, -0.2) is 0 Å². The van der Waals surface area contributed by atoms with Gasteiger partial charge in [0.2, 0.25) is 10.9 Å². The number of benzene rings is 3. The van der Waals surface area contributed by atoms with Gasteiger partial charge in [-0.1, -0.05) is 13.8 Å². The number of aryl methyl sites for hydroxylation is 2. The monoisotopic (exact) mass is 516 g/mol. The van der Waals surface area contributed by atoms with Crippen LogP contribution in [0.25, 0.3) is 43.6 Å². The molecule has 0 saturated carbocycles. The number of ether oxygens (including phenoxy) is 4. The third kappa shape index (κ3) is 3.74. The summed E-state index contributed by atoms with van der Waals surface area (Å²) in [5, 5.41) is 2.03. The van der Waals surface area contributed by atoms with Gasteiger partial charge < -0.3 is 28.1 Å². The zero-order chi connectivity index (χ0) is 27.1. The highest BCUT2D eigenvalue weighted by atomic mass is 16.5. The van der Waals surface area contributed by atoms with E-state index in [1.54, 1.807) is 40.6 Å². The van der Waals surface area contributed by atoms with E-state index in [0.717, 1.165) is 12.8 Å². The molecule has 0 radical (unpaired) electrons. The lowest BCUT2D eigenvalue weighted by atomic mass is 10.0. The predicted molar refractivity (Wildman–Crippen MR) is 152 cm³/mol. The lowest BCUT2D eigenvalue weighted by molar-refractivity contribution is 0.397. The summed E-state index contributed by atoms with van der Waals surface area (Å²) in [4.78, 5) is 28.0. The highest BCUT2D eigenvalue weighted by Crippen LogP contribution is 2.35. The first-order valence-corrected chi connectivity index (χ1v) is 12.8. The Morgan fingerprint density at radius 3 is 1.26 bits per heavy atom. The van der Waals surface area contributed by atoms with Crippen LogP contribution < -0.4 is 29.8 Å². The fraction of sp³-hybridized carbons (Fsp3) is 0.333. The number of nitrogens with zero attached hydrogens (tertiary/aromatic N) is 2. The lowest BCUT2D eigenvalue weighted by Gasteiger charge is -2.20. The van der Waals surface area contributed by atoms with E-state index in [4.69, 9.17) is 18.9 Å². The molecule has 0 spiro atoms. The van der Waals surface area contributed by atoms with E-state index < -0.39 is 0 Å². The molecule has 0 aliphatic heterocycles. The molecule has 2 heterocycles. The third-order valence-corrected chi connectivity index (χ3v) is 7.14. The van der Waals surface area contributed by atoms with Crippen molar-refractivity contribution in [2.24, 2.45) is 0 Å². The Hall–Kier alpha value is -4.20. The normalized spacial score (nSPS) is 11.5. The van der Waals surface area contributed by atoms with E-state index in [0.29, 0.717) is 79.7 Å². The third-order valence-electron chi connectivity index (χ3n) is 7.14. The minimum atomic E-state index is -0.150. The molecule has 0 amide bonds. The Morgan fingerprint density at radius 2 is 0.947 bits per heavy atom. The van der Waals surface area contributed by atoms with Gasteiger partial charge >= 0.3 is 0 Å². The molecule has 0 aliphatic carbocycles. The number of pyridine rings is 2. The summed E-state index contributed by atoms with van der Waals surface area (Å²) in [5.74, 6) is 2.09. The van der Waals surface area contributed by atoms with Crippen LogP contribution in [-0.4, -0.2) is 37.6 Å². The van der Waals surface area contributed by atoms with Gasteiger partial charge in [-0.05, 0) is 25.0 Å². The average Bonchev–Trinajstić information content (AvgIpc) is 2.95. The molecular weight excluding hydrogens is 484 g/mol. The van der Waals surface area contributed by atoms with Crippen molar-refractivity contribution in [1.29, 1.82) is 0 Å². The van der Waals surface area contributed by atoms with Crippen molar-refractivity contribution < 1.29 is 18.9 Å². The molecule has 8 nitrogen and oxygen atoms in total. The van der Waals surface area contributed by atoms with Crippen LogP contribution in [0.1, 0.15) is 26.7 Å². The van der Waals surface area contributed by atoms with Crippen molar-refractivity contribution in [3.05, 3.63) is 56.8 Å². The molecule has 8 heteroatoms. The minimum absolute atomic E-state index is 0.150. The molecule has 0 saturated heterocycles. The average molecular weight is 517 g/mol. The van der Waals surface area contributed by atoms with Crippen LogP contribution in [-0.2, 0) is 13.1 Å². The molecule has 5 aromatic rings. The SMILES string of the molecule is CCCn1c2cc3c(=O)c4c(OC)cc(OC)cc4n(CCC)c3cc2c(=O)c2c(OC)cc(OC)cc21. The van der Waals surface area contributed by atoms with Crippen molar-refractivity contribution >= 4 is 43.6 Å². The standard InChI is InChI=1S/C30H32N2O6/c1-7-9-31-21-15-20-22(16-19(21)29(33)27-23(31)11-17(35-3)13-25(27)37-5)32(10-8-2)24-12-18(36-4)14-26(38-6)28(24)30(20)34/h11-16H,7-10H2,1-6H3. The number of aromatic nitrogens is 2. The van der Waals surface area contributed by atoms with Crippen molar-refractivity contribution in [3.63, 3.8) is 0 Å². The first-order valence-electron chi connectivity index (χ1n) is 12.8. The van der Waals surface area contributed by atoms with Crippen LogP contribution in [0.2, 0.25) is 0 Å². The van der Waals surface area contributed by atoms with Gasteiger partial charge in [-0.3, -0.25) is 9.59 Å². The van der Waals surface area contributed by atoms with E-state index in [2.05, 4.69) is 23.0 Å². The fourth-order valence-corrected chi connectivity index (χ4v) is 5.44. The number of fused-ring (bicyclic) bond motifs is 4. The molecule has 0 atom stereocenters. The van der Waals surface area contributed by atoms with E-state index in [1.807, 2.05) is 24.3 Å². The molecule has 2 aromatic heterocycles. The summed E-state index contributed by atoms with van der Waals surface area (Å²) in [6, 6.07) is 10.9. The Morgan fingerprint density at radius 1 is 0.553 bits per heavy atom. The summed E-state index contributed by atoms with van der Waals surface area (Å²) in [6.45, 7) is 5.45. The Labute approximate surface area is 219 Å². The smallest absolute Gasteiger partial charge is 0.201 e. The lowest BCUT2D eigenvalue weighted by Crippen LogP contribution is -2.16. The van der Waals surface area contributed by atoms with Gasteiger partial charge in [0, 0.05) is 48.1 Å². The van der Waals surface area contributed by atoms with Gasteiger partial charge in [0.05, 0.1) is 61.3 Å². The van der Waals surface area contributed by atoms with Crippen molar-refractivity contribution in [1.82, 2.24) is 9.13 Å². The maximum absolute atomic E-state index is 14.0. The van der Waals surface area contributed by atoms with Crippen LogP contribution in [0.5, 0.6) is 23.0 Å². The molecule has 0 fully saturated rings. The van der Waals surface area contributed by atoms with Crippen LogP contribution in [0, 0.1) is 0 Å². The number of methoxy groups -OCH3 is 4. The van der Waals surface area contributed by atoms with E-state index >= 15 is 0 Å². The number of rotatable bonds is 8. The van der Waals surface area contributed by atoms with Crippen molar-refractivity contribution in [2.45, 2.75) is 39.8 Å². The van der Waals surface area contributed by atoms with Crippen molar-refractivity contribution in [3.8, 4) is 23.0 Å². The van der Waals surface area contributed by atoms with E-state index in [-0.39, 0.29) is 10.9 Å². The van der Waals surface area contributed by atoms with Crippen LogP contribution in [0.15, 0.2) is 46.0 Å². The second-order valence-electron chi connectivity index (χ2n) is 9.30. The second kappa shape index (κ2) is 9.93. The summed E-state index contributed by atoms with van der Waals surface area (Å²) in [7, 11) is 6.27. The van der Waals surface area contributed by atoms with Crippen LogP contribution >= 0.6 is 0 Å². The van der Waals surface area contributed by atoms with Gasteiger partial charge in [0.1, 0.15) is 23.0 Å². The van der Waals surface area contributed by atoms with Gasteiger partial charge in [0.25, 0.3) is 0 Å². The summed E-state index contributed by atoms with van der Waals surface area (Å²) in [5.41, 5.74) is 2.50. The van der Waals surface area contributed by atoms with Gasteiger partial charge in [-0.15, -0.1) is 0 Å². The molecule has 0 N–H and O–H groups in total. The summed E-state index contributed by atoms with van der Waals surface area (Å²) in [6.07, 6.45) is 1.66. The first-order chi connectivity index (χ1) is 18.4. The summed E-state index contributed by atoms with van der Waals surface area (Å²) >= 11 is 0. The zero-order valence-electron chi connectivity index (χ0n) is 22.6. The first kappa shape index (κ1) is 25.4. The van der Waals surface area contributed by atoms with Crippen LogP contribution in [0.3, 0.4) is 0 Å². The second-order valence-corrected chi connectivity index (χ2v) is 9.30. The summed E-state index contributed by atoms with van der Waals surface area (Å²) < 4.78 is 26.4. The Balaban J connectivity index is 2.07. The maximum Gasteiger partial charge on any atom is 0.201 e. The molecular formula is C30H32N2O6.